The Hall–Kier alpha value is -0.870. The molecule has 4 nitrogen and oxygen atoms in total. The molecule has 0 aliphatic carbocycles. The molecule has 1 saturated heterocycles. The Labute approximate surface area is 93.6 Å². The highest BCUT2D eigenvalue weighted by Gasteiger charge is 2.17. The topological polar surface area (TPSA) is 44.2 Å². The van der Waals surface area contributed by atoms with Crippen LogP contribution in [0.5, 0.6) is 5.88 Å². The first-order valence-electron chi connectivity index (χ1n) is 4.93. The summed E-state index contributed by atoms with van der Waals surface area (Å²) in [6.45, 7) is 1.66. The minimum Gasteiger partial charge on any atom is -0.479 e. The highest BCUT2D eigenvalue weighted by atomic mass is 35.5. The maximum atomic E-state index is 5.96. The van der Waals surface area contributed by atoms with Crippen LogP contribution in [0, 0.1) is 5.92 Å². The Bertz CT molecular complexity index is 340. The second-order valence-electron chi connectivity index (χ2n) is 3.63. The Kier molecular flexibility index (Phi) is 3.38. The molecular formula is C10H13ClN2O2. The van der Waals surface area contributed by atoms with Crippen molar-refractivity contribution in [3.05, 3.63) is 16.8 Å². The normalized spacial score (nSPS) is 20.5. The Morgan fingerprint density at radius 1 is 1.60 bits per heavy atom. The van der Waals surface area contributed by atoms with E-state index in [1.807, 2.05) is 6.07 Å². The summed E-state index contributed by atoms with van der Waals surface area (Å²) in [5, 5.41) is 8.47. The predicted octanol–water partition coefficient (Wildman–Crippen LogP) is 1.72. The van der Waals surface area contributed by atoms with Gasteiger partial charge in [-0.15, -0.1) is 5.10 Å². The van der Waals surface area contributed by atoms with Crippen LogP contribution in [-0.2, 0) is 11.2 Å². The fraction of sp³-hybridized carbons (Fsp3) is 0.600. The van der Waals surface area contributed by atoms with Crippen molar-refractivity contribution in [1.29, 1.82) is 0 Å². The van der Waals surface area contributed by atoms with E-state index in [4.69, 9.17) is 21.1 Å². The minimum atomic E-state index is 0.378. The van der Waals surface area contributed by atoms with Crippen molar-refractivity contribution in [1.82, 2.24) is 10.2 Å². The number of rotatable bonds is 3. The molecule has 0 radical (unpaired) electrons. The standard InChI is InChI=1S/C10H13ClN2O2/c1-14-10-9(11)5-8(12-13-10)4-7-2-3-15-6-7/h5,7H,2-4,6H2,1H3. The van der Waals surface area contributed by atoms with Gasteiger partial charge in [0.15, 0.2) is 0 Å². The fourth-order valence-corrected chi connectivity index (χ4v) is 1.91. The number of hydrogen-bond acceptors (Lipinski definition) is 4. The van der Waals surface area contributed by atoms with Crippen molar-refractivity contribution in [2.75, 3.05) is 20.3 Å². The van der Waals surface area contributed by atoms with Gasteiger partial charge in [-0.05, 0) is 24.8 Å². The molecule has 1 aromatic heterocycles. The van der Waals surface area contributed by atoms with Gasteiger partial charge in [-0.3, -0.25) is 0 Å². The van der Waals surface area contributed by atoms with Crippen LogP contribution in [0.1, 0.15) is 12.1 Å². The van der Waals surface area contributed by atoms with E-state index in [1.54, 1.807) is 0 Å². The van der Waals surface area contributed by atoms with Crippen LogP contribution < -0.4 is 4.74 Å². The summed E-state index contributed by atoms with van der Waals surface area (Å²) in [4.78, 5) is 0. The Morgan fingerprint density at radius 2 is 2.47 bits per heavy atom. The van der Waals surface area contributed by atoms with Crippen molar-refractivity contribution in [2.45, 2.75) is 12.8 Å². The van der Waals surface area contributed by atoms with Crippen LogP contribution in [0.2, 0.25) is 5.02 Å². The third kappa shape index (κ3) is 2.58. The van der Waals surface area contributed by atoms with E-state index >= 15 is 0 Å². The van der Waals surface area contributed by atoms with E-state index in [2.05, 4.69) is 10.2 Å². The quantitative estimate of drug-likeness (QED) is 0.790. The molecule has 5 heteroatoms. The summed E-state index contributed by atoms with van der Waals surface area (Å²) in [5.74, 6) is 0.923. The van der Waals surface area contributed by atoms with Gasteiger partial charge in [-0.25, -0.2) is 0 Å². The van der Waals surface area contributed by atoms with Crippen molar-refractivity contribution >= 4 is 11.6 Å². The van der Waals surface area contributed by atoms with Gasteiger partial charge in [0.25, 0.3) is 5.88 Å². The number of halogens is 1. The molecule has 1 aromatic rings. The molecule has 0 amide bonds. The molecule has 0 bridgehead atoms. The van der Waals surface area contributed by atoms with Crippen molar-refractivity contribution in [3.8, 4) is 5.88 Å². The smallest absolute Gasteiger partial charge is 0.252 e. The molecule has 0 N–H and O–H groups in total. The van der Waals surface area contributed by atoms with E-state index < -0.39 is 0 Å². The van der Waals surface area contributed by atoms with Crippen LogP contribution in [0.25, 0.3) is 0 Å². The Morgan fingerprint density at radius 3 is 3.07 bits per heavy atom. The molecular weight excluding hydrogens is 216 g/mol. The lowest BCUT2D eigenvalue weighted by Crippen LogP contribution is -2.06. The fourth-order valence-electron chi connectivity index (χ4n) is 1.67. The van der Waals surface area contributed by atoms with E-state index in [9.17, 15) is 0 Å². The highest BCUT2D eigenvalue weighted by Crippen LogP contribution is 2.23. The summed E-state index contributed by atoms with van der Waals surface area (Å²) in [7, 11) is 1.53. The third-order valence-corrected chi connectivity index (χ3v) is 2.75. The average Bonchev–Trinajstić information content (AvgIpc) is 2.71. The number of aromatic nitrogens is 2. The summed E-state index contributed by atoms with van der Waals surface area (Å²) in [6, 6.07) is 1.81. The van der Waals surface area contributed by atoms with Gasteiger partial charge in [0, 0.05) is 13.2 Å². The number of methoxy groups -OCH3 is 1. The molecule has 1 fully saturated rings. The summed E-state index contributed by atoms with van der Waals surface area (Å²) in [6.07, 6.45) is 1.96. The van der Waals surface area contributed by atoms with E-state index in [0.29, 0.717) is 16.8 Å². The number of nitrogens with zero attached hydrogens (tertiary/aromatic N) is 2. The Balaban J connectivity index is 2.05. The maximum Gasteiger partial charge on any atom is 0.252 e. The molecule has 0 spiro atoms. The first-order chi connectivity index (χ1) is 7.29. The second-order valence-corrected chi connectivity index (χ2v) is 4.03. The zero-order valence-corrected chi connectivity index (χ0v) is 9.33. The van der Waals surface area contributed by atoms with Crippen LogP contribution in [0.15, 0.2) is 6.07 Å². The van der Waals surface area contributed by atoms with Crippen molar-refractivity contribution < 1.29 is 9.47 Å². The van der Waals surface area contributed by atoms with E-state index in [-0.39, 0.29) is 0 Å². The van der Waals surface area contributed by atoms with Crippen LogP contribution in [0.3, 0.4) is 0 Å². The molecule has 1 aliphatic heterocycles. The monoisotopic (exact) mass is 228 g/mol. The van der Waals surface area contributed by atoms with Crippen LogP contribution in [0.4, 0.5) is 0 Å². The molecule has 1 atom stereocenters. The summed E-state index contributed by atoms with van der Waals surface area (Å²) >= 11 is 5.96. The van der Waals surface area contributed by atoms with Gasteiger partial charge in [0.05, 0.1) is 12.8 Å². The lowest BCUT2D eigenvalue weighted by atomic mass is 10.0. The van der Waals surface area contributed by atoms with Gasteiger partial charge >= 0.3 is 0 Å². The third-order valence-electron chi connectivity index (χ3n) is 2.48. The second kappa shape index (κ2) is 4.77. The number of hydrogen-bond donors (Lipinski definition) is 0. The molecule has 82 valence electrons. The first-order valence-corrected chi connectivity index (χ1v) is 5.31. The maximum absolute atomic E-state index is 5.96. The van der Waals surface area contributed by atoms with Gasteiger partial charge < -0.3 is 9.47 Å². The summed E-state index contributed by atoms with van der Waals surface area (Å²) in [5.41, 5.74) is 0.899. The lowest BCUT2D eigenvalue weighted by molar-refractivity contribution is 0.185. The number of ether oxygens (including phenoxy) is 2. The van der Waals surface area contributed by atoms with E-state index in [1.165, 1.54) is 7.11 Å². The molecule has 0 aromatic carbocycles. The molecule has 2 heterocycles. The van der Waals surface area contributed by atoms with Gasteiger partial charge in [-0.2, -0.15) is 5.10 Å². The van der Waals surface area contributed by atoms with Crippen LogP contribution in [-0.4, -0.2) is 30.5 Å². The lowest BCUT2D eigenvalue weighted by Gasteiger charge is -2.07. The van der Waals surface area contributed by atoms with Crippen molar-refractivity contribution in [2.24, 2.45) is 5.92 Å². The zero-order chi connectivity index (χ0) is 10.7. The van der Waals surface area contributed by atoms with Crippen molar-refractivity contribution in [3.63, 3.8) is 0 Å². The molecule has 0 saturated carbocycles. The van der Waals surface area contributed by atoms with Gasteiger partial charge in [0.2, 0.25) is 0 Å². The molecule has 1 unspecified atom stereocenters. The van der Waals surface area contributed by atoms with Crippen LogP contribution >= 0.6 is 11.6 Å². The molecule has 2 rings (SSSR count). The highest BCUT2D eigenvalue weighted by molar-refractivity contribution is 6.31. The first kappa shape index (κ1) is 10.6. The van der Waals surface area contributed by atoms with Gasteiger partial charge in [-0.1, -0.05) is 11.6 Å². The average molecular weight is 229 g/mol. The van der Waals surface area contributed by atoms with E-state index in [0.717, 1.165) is 31.7 Å². The zero-order valence-electron chi connectivity index (χ0n) is 8.57. The molecule has 15 heavy (non-hydrogen) atoms. The minimum absolute atomic E-state index is 0.378. The SMILES string of the molecule is COc1nnc(CC2CCOC2)cc1Cl. The largest absolute Gasteiger partial charge is 0.479 e. The molecule has 1 aliphatic rings. The summed E-state index contributed by atoms with van der Waals surface area (Å²) < 4.78 is 10.2. The van der Waals surface area contributed by atoms with Gasteiger partial charge in [0.1, 0.15) is 5.02 Å². The predicted molar refractivity (Wildman–Crippen MR) is 56.2 cm³/mol.